The van der Waals surface area contributed by atoms with Crippen LogP contribution in [-0.2, 0) is 0 Å². The molecule has 0 saturated heterocycles. The Kier molecular flexibility index (Phi) is 4.90. The average molecular weight is 356 g/mol. The number of aryl methyl sites for hydroxylation is 1. The van der Waals surface area contributed by atoms with Crippen LogP contribution in [-0.4, -0.2) is 12.5 Å². The maximum absolute atomic E-state index is 12.1. The van der Waals surface area contributed by atoms with E-state index in [1.165, 1.54) is 24.3 Å². The molecule has 0 spiro atoms. The number of amides is 1. The Hall–Kier alpha value is -1.95. The van der Waals surface area contributed by atoms with Gasteiger partial charge in [0, 0.05) is 15.7 Å². The first-order valence-corrected chi connectivity index (χ1v) is 6.87. The van der Waals surface area contributed by atoms with E-state index in [-0.39, 0.29) is 11.7 Å². The SMILES string of the molecule is Cc1ccc(C(=O)Nc2ccc(OC(F)F)cc2)cc1Br. The van der Waals surface area contributed by atoms with Gasteiger partial charge in [-0.2, -0.15) is 8.78 Å². The topological polar surface area (TPSA) is 38.3 Å². The van der Waals surface area contributed by atoms with Crippen molar-refractivity contribution in [1.82, 2.24) is 0 Å². The summed E-state index contributed by atoms with van der Waals surface area (Å²) in [6, 6.07) is 11.0. The largest absolute Gasteiger partial charge is 0.435 e. The van der Waals surface area contributed by atoms with Gasteiger partial charge in [0.15, 0.2) is 0 Å². The molecule has 0 atom stereocenters. The van der Waals surface area contributed by atoms with E-state index in [0.29, 0.717) is 11.3 Å². The van der Waals surface area contributed by atoms with Crippen molar-refractivity contribution in [3.8, 4) is 5.75 Å². The summed E-state index contributed by atoms with van der Waals surface area (Å²) in [7, 11) is 0. The van der Waals surface area contributed by atoms with E-state index >= 15 is 0 Å². The van der Waals surface area contributed by atoms with E-state index in [1.54, 1.807) is 12.1 Å². The zero-order valence-corrected chi connectivity index (χ0v) is 12.7. The van der Waals surface area contributed by atoms with Gasteiger partial charge in [-0.1, -0.05) is 22.0 Å². The molecule has 2 rings (SSSR count). The molecule has 1 amide bonds. The molecule has 0 bridgehead atoms. The van der Waals surface area contributed by atoms with E-state index in [4.69, 9.17) is 0 Å². The molecule has 21 heavy (non-hydrogen) atoms. The maximum Gasteiger partial charge on any atom is 0.387 e. The molecule has 0 heterocycles. The molecule has 2 aromatic rings. The Bertz CT molecular complexity index is 645. The molecule has 0 aliphatic carbocycles. The van der Waals surface area contributed by atoms with Gasteiger partial charge in [0.2, 0.25) is 0 Å². The minimum Gasteiger partial charge on any atom is -0.435 e. The van der Waals surface area contributed by atoms with Gasteiger partial charge in [0.1, 0.15) is 5.75 Å². The highest BCUT2D eigenvalue weighted by Gasteiger charge is 2.08. The zero-order valence-electron chi connectivity index (χ0n) is 11.1. The lowest BCUT2D eigenvalue weighted by Gasteiger charge is -2.08. The monoisotopic (exact) mass is 355 g/mol. The summed E-state index contributed by atoms with van der Waals surface area (Å²) in [4.78, 5) is 12.1. The molecule has 0 aromatic heterocycles. The fourth-order valence-electron chi connectivity index (χ4n) is 1.66. The Labute approximate surface area is 129 Å². The van der Waals surface area contributed by atoms with Crippen LogP contribution in [0.3, 0.4) is 0 Å². The van der Waals surface area contributed by atoms with Gasteiger partial charge in [-0.05, 0) is 48.9 Å². The Morgan fingerprint density at radius 2 is 1.86 bits per heavy atom. The number of carbonyl (C=O) groups is 1. The van der Waals surface area contributed by atoms with Crippen molar-refractivity contribution in [2.45, 2.75) is 13.5 Å². The van der Waals surface area contributed by atoms with Crippen molar-refractivity contribution in [3.05, 3.63) is 58.1 Å². The first-order chi connectivity index (χ1) is 9.95. The van der Waals surface area contributed by atoms with Crippen molar-refractivity contribution >= 4 is 27.5 Å². The summed E-state index contributed by atoms with van der Waals surface area (Å²) in [5, 5.41) is 2.68. The number of anilines is 1. The van der Waals surface area contributed by atoms with Gasteiger partial charge >= 0.3 is 6.61 Å². The highest BCUT2D eigenvalue weighted by atomic mass is 79.9. The van der Waals surface area contributed by atoms with E-state index < -0.39 is 6.61 Å². The molecule has 0 unspecified atom stereocenters. The molecule has 0 fully saturated rings. The third-order valence-corrected chi connectivity index (χ3v) is 3.63. The Balaban J connectivity index is 2.06. The predicted molar refractivity (Wildman–Crippen MR) is 79.9 cm³/mol. The van der Waals surface area contributed by atoms with Crippen LogP contribution >= 0.6 is 15.9 Å². The molecule has 6 heteroatoms. The van der Waals surface area contributed by atoms with Crippen LogP contribution in [0.4, 0.5) is 14.5 Å². The molecule has 0 aliphatic rings. The fourth-order valence-corrected chi connectivity index (χ4v) is 2.04. The van der Waals surface area contributed by atoms with Crippen LogP contribution in [0.15, 0.2) is 46.9 Å². The molecule has 0 aliphatic heterocycles. The highest BCUT2D eigenvalue weighted by molar-refractivity contribution is 9.10. The second kappa shape index (κ2) is 6.67. The molecule has 3 nitrogen and oxygen atoms in total. The summed E-state index contributed by atoms with van der Waals surface area (Å²) in [6.45, 7) is -0.941. The number of alkyl halides is 2. The summed E-state index contributed by atoms with van der Waals surface area (Å²) < 4.78 is 29.1. The van der Waals surface area contributed by atoms with E-state index in [2.05, 4.69) is 26.0 Å². The van der Waals surface area contributed by atoms with Gasteiger partial charge in [-0.25, -0.2) is 0 Å². The molecule has 1 N–H and O–H groups in total. The number of rotatable bonds is 4. The van der Waals surface area contributed by atoms with Crippen molar-refractivity contribution in [2.24, 2.45) is 0 Å². The van der Waals surface area contributed by atoms with Crippen LogP contribution in [0.25, 0.3) is 0 Å². The minimum absolute atomic E-state index is 0.0427. The standard InChI is InChI=1S/C15H12BrF2NO2/c1-9-2-3-10(8-13(9)16)14(20)19-11-4-6-12(7-5-11)21-15(17)18/h2-8,15H,1H3,(H,19,20). The minimum atomic E-state index is -2.87. The second-order valence-corrected chi connectivity index (χ2v) is 5.18. The van der Waals surface area contributed by atoms with Crippen molar-refractivity contribution < 1.29 is 18.3 Å². The maximum atomic E-state index is 12.1. The first kappa shape index (κ1) is 15.4. The van der Waals surface area contributed by atoms with Gasteiger partial charge in [-0.3, -0.25) is 4.79 Å². The predicted octanol–water partition coefficient (Wildman–Crippen LogP) is 4.61. The smallest absolute Gasteiger partial charge is 0.387 e. The van der Waals surface area contributed by atoms with Crippen molar-refractivity contribution in [2.75, 3.05) is 5.32 Å². The lowest BCUT2D eigenvalue weighted by molar-refractivity contribution is -0.0498. The summed E-state index contributed by atoms with van der Waals surface area (Å²) in [5.74, 6) is -0.237. The van der Waals surface area contributed by atoms with Crippen LogP contribution in [0, 0.1) is 6.92 Å². The Morgan fingerprint density at radius 3 is 2.43 bits per heavy atom. The molecular formula is C15H12BrF2NO2. The number of halogens is 3. The average Bonchev–Trinajstić information content (AvgIpc) is 2.43. The number of ether oxygens (including phenoxy) is 1. The molecule has 2 aromatic carbocycles. The molecule has 110 valence electrons. The summed E-state index contributed by atoms with van der Waals surface area (Å²) in [6.07, 6.45) is 0. The highest BCUT2D eigenvalue weighted by Crippen LogP contribution is 2.20. The third kappa shape index (κ3) is 4.26. The summed E-state index contributed by atoms with van der Waals surface area (Å²) >= 11 is 3.36. The third-order valence-electron chi connectivity index (χ3n) is 2.77. The first-order valence-electron chi connectivity index (χ1n) is 6.08. The van der Waals surface area contributed by atoms with Gasteiger partial charge in [0.25, 0.3) is 5.91 Å². The number of benzene rings is 2. The second-order valence-electron chi connectivity index (χ2n) is 4.32. The van der Waals surface area contributed by atoms with E-state index in [0.717, 1.165) is 10.0 Å². The normalized spacial score (nSPS) is 10.5. The Morgan fingerprint density at radius 1 is 1.19 bits per heavy atom. The lowest BCUT2D eigenvalue weighted by Crippen LogP contribution is -2.12. The number of carbonyl (C=O) groups excluding carboxylic acids is 1. The van der Waals surface area contributed by atoms with E-state index in [9.17, 15) is 13.6 Å². The van der Waals surface area contributed by atoms with Gasteiger partial charge in [0.05, 0.1) is 0 Å². The van der Waals surface area contributed by atoms with Crippen LogP contribution in [0.5, 0.6) is 5.75 Å². The van der Waals surface area contributed by atoms with E-state index in [1.807, 2.05) is 13.0 Å². The fraction of sp³-hybridized carbons (Fsp3) is 0.133. The van der Waals surface area contributed by atoms with Crippen molar-refractivity contribution in [3.63, 3.8) is 0 Å². The molecular weight excluding hydrogens is 344 g/mol. The van der Waals surface area contributed by atoms with Crippen LogP contribution < -0.4 is 10.1 Å². The van der Waals surface area contributed by atoms with Gasteiger partial charge < -0.3 is 10.1 Å². The lowest BCUT2D eigenvalue weighted by atomic mass is 10.1. The van der Waals surface area contributed by atoms with Crippen molar-refractivity contribution in [1.29, 1.82) is 0 Å². The zero-order chi connectivity index (χ0) is 15.4. The number of hydrogen-bond acceptors (Lipinski definition) is 2. The molecule has 0 radical (unpaired) electrons. The molecule has 0 saturated carbocycles. The number of nitrogens with one attached hydrogen (secondary N) is 1. The van der Waals surface area contributed by atoms with Gasteiger partial charge in [-0.15, -0.1) is 0 Å². The van der Waals surface area contributed by atoms with Crippen LogP contribution in [0.2, 0.25) is 0 Å². The summed E-state index contributed by atoms with van der Waals surface area (Å²) in [5.41, 5.74) is 2.03. The van der Waals surface area contributed by atoms with Crippen LogP contribution in [0.1, 0.15) is 15.9 Å². The quantitative estimate of drug-likeness (QED) is 0.869. The number of hydrogen-bond donors (Lipinski definition) is 1.